The molecule has 1 N–H and O–H groups in total. The van der Waals surface area contributed by atoms with Crippen molar-refractivity contribution in [1.82, 2.24) is 4.90 Å². The van der Waals surface area contributed by atoms with Crippen molar-refractivity contribution in [3.63, 3.8) is 0 Å². The van der Waals surface area contributed by atoms with E-state index in [0.717, 1.165) is 39.3 Å². The molecule has 0 bridgehead atoms. The van der Waals surface area contributed by atoms with Crippen LogP contribution in [0.15, 0.2) is 12.1 Å². The number of anilines is 1. The molecule has 8 nitrogen and oxygen atoms in total. The third kappa shape index (κ3) is 7.09. The first-order valence-corrected chi connectivity index (χ1v) is 9.51. The molecule has 0 aliphatic carbocycles. The zero-order valence-corrected chi connectivity index (χ0v) is 17.5. The summed E-state index contributed by atoms with van der Waals surface area (Å²) in [5.74, 6) is 1.48. The molecule has 1 heterocycles. The number of hydrogen-bond acceptors (Lipinski definition) is 7. The monoisotopic (exact) mass is 396 g/mol. The van der Waals surface area contributed by atoms with Gasteiger partial charge >= 0.3 is 6.09 Å². The van der Waals surface area contributed by atoms with Gasteiger partial charge in [-0.2, -0.15) is 0 Å². The topological polar surface area (TPSA) is 78.5 Å². The predicted octanol–water partition coefficient (Wildman–Crippen LogP) is 3.15. The van der Waals surface area contributed by atoms with Gasteiger partial charge < -0.3 is 23.7 Å². The second-order valence-electron chi connectivity index (χ2n) is 7.49. The predicted molar refractivity (Wildman–Crippen MR) is 107 cm³/mol. The molecule has 1 fully saturated rings. The highest BCUT2D eigenvalue weighted by Crippen LogP contribution is 2.40. The number of ether oxygens (including phenoxy) is 5. The fourth-order valence-corrected chi connectivity index (χ4v) is 2.80. The van der Waals surface area contributed by atoms with Crippen LogP contribution in [0.2, 0.25) is 0 Å². The number of carbonyl (C=O) groups is 1. The Hall–Kier alpha value is -2.19. The van der Waals surface area contributed by atoms with Gasteiger partial charge in [-0.15, -0.1) is 0 Å². The van der Waals surface area contributed by atoms with Crippen LogP contribution in [0.25, 0.3) is 0 Å². The highest BCUT2D eigenvalue weighted by Gasteiger charge is 2.19. The molecule has 28 heavy (non-hydrogen) atoms. The summed E-state index contributed by atoms with van der Waals surface area (Å²) in [7, 11) is 3.10. The second-order valence-corrected chi connectivity index (χ2v) is 7.49. The first-order valence-electron chi connectivity index (χ1n) is 9.51. The summed E-state index contributed by atoms with van der Waals surface area (Å²) in [4.78, 5) is 14.4. The van der Waals surface area contributed by atoms with Crippen LogP contribution >= 0.6 is 0 Å². The van der Waals surface area contributed by atoms with E-state index < -0.39 is 11.7 Å². The van der Waals surface area contributed by atoms with Crippen LogP contribution in [-0.4, -0.2) is 70.3 Å². The van der Waals surface area contributed by atoms with E-state index in [0.29, 0.717) is 29.5 Å². The van der Waals surface area contributed by atoms with Gasteiger partial charge in [0.05, 0.1) is 39.7 Å². The lowest BCUT2D eigenvalue weighted by Gasteiger charge is -2.26. The Morgan fingerprint density at radius 2 is 1.75 bits per heavy atom. The third-order valence-electron chi connectivity index (χ3n) is 4.07. The van der Waals surface area contributed by atoms with Crippen LogP contribution in [-0.2, 0) is 9.47 Å². The molecule has 1 aliphatic heterocycles. The van der Waals surface area contributed by atoms with E-state index >= 15 is 0 Å². The van der Waals surface area contributed by atoms with Gasteiger partial charge in [0.25, 0.3) is 0 Å². The SMILES string of the molecule is COc1cc(NC(=O)OC(C)(C)C)cc(OC)c1OCCCN1CCOCC1. The molecule has 8 heteroatoms. The molecule has 0 radical (unpaired) electrons. The molecule has 0 aromatic heterocycles. The van der Waals surface area contributed by atoms with E-state index in [2.05, 4.69) is 10.2 Å². The lowest BCUT2D eigenvalue weighted by atomic mass is 10.2. The molecule has 0 unspecified atom stereocenters. The van der Waals surface area contributed by atoms with Crippen molar-refractivity contribution in [2.45, 2.75) is 32.8 Å². The number of nitrogens with zero attached hydrogens (tertiary/aromatic N) is 1. The minimum Gasteiger partial charge on any atom is -0.493 e. The smallest absolute Gasteiger partial charge is 0.412 e. The highest BCUT2D eigenvalue weighted by atomic mass is 16.6. The van der Waals surface area contributed by atoms with Crippen LogP contribution < -0.4 is 19.5 Å². The first kappa shape index (κ1) is 22.1. The van der Waals surface area contributed by atoms with Gasteiger partial charge in [-0.1, -0.05) is 0 Å². The number of carbonyl (C=O) groups excluding carboxylic acids is 1. The Morgan fingerprint density at radius 1 is 1.14 bits per heavy atom. The summed E-state index contributed by atoms with van der Waals surface area (Å²) < 4.78 is 27.4. The summed E-state index contributed by atoms with van der Waals surface area (Å²) in [5, 5.41) is 2.69. The van der Waals surface area contributed by atoms with Gasteiger partial charge in [0, 0.05) is 31.8 Å². The average molecular weight is 396 g/mol. The minimum atomic E-state index is -0.582. The normalized spacial score (nSPS) is 15.0. The molecule has 1 aromatic carbocycles. The van der Waals surface area contributed by atoms with Crippen LogP contribution in [0.4, 0.5) is 10.5 Å². The fourth-order valence-electron chi connectivity index (χ4n) is 2.80. The van der Waals surface area contributed by atoms with Crippen molar-refractivity contribution in [2.75, 3.05) is 59.0 Å². The summed E-state index contributed by atoms with van der Waals surface area (Å²) in [6.07, 6.45) is 0.334. The molecule has 1 aliphatic rings. The maximum atomic E-state index is 12.0. The van der Waals surface area contributed by atoms with Crippen LogP contribution in [0.5, 0.6) is 17.2 Å². The molecule has 1 amide bonds. The molecular weight excluding hydrogens is 364 g/mol. The van der Waals surface area contributed by atoms with Crippen LogP contribution in [0.1, 0.15) is 27.2 Å². The Balaban J connectivity index is 1.98. The molecule has 158 valence electrons. The quantitative estimate of drug-likeness (QED) is 0.676. The Kier molecular flexibility index (Phi) is 8.19. The lowest BCUT2D eigenvalue weighted by Crippen LogP contribution is -2.37. The second kappa shape index (κ2) is 10.4. The maximum Gasteiger partial charge on any atom is 0.412 e. The van der Waals surface area contributed by atoms with E-state index in [1.54, 1.807) is 26.4 Å². The number of morpholine rings is 1. The van der Waals surface area contributed by atoms with Crippen LogP contribution in [0, 0.1) is 0 Å². The first-order chi connectivity index (χ1) is 13.3. The molecule has 0 saturated carbocycles. The maximum absolute atomic E-state index is 12.0. The number of amides is 1. The van der Waals surface area contributed by atoms with E-state index in [1.165, 1.54) is 0 Å². The zero-order chi connectivity index (χ0) is 20.6. The number of nitrogens with one attached hydrogen (secondary N) is 1. The van der Waals surface area contributed by atoms with Crippen molar-refractivity contribution in [2.24, 2.45) is 0 Å². The van der Waals surface area contributed by atoms with E-state index in [4.69, 9.17) is 23.7 Å². The van der Waals surface area contributed by atoms with Crippen molar-refractivity contribution >= 4 is 11.8 Å². The molecular formula is C20H32N2O6. The van der Waals surface area contributed by atoms with Gasteiger partial charge in [-0.3, -0.25) is 10.2 Å². The summed E-state index contributed by atoms with van der Waals surface area (Å²) >= 11 is 0. The van der Waals surface area contributed by atoms with Crippen molar-refractivity contribution < 1.29 is 28.5 Å². The minimum absolute atomic E-state index is 0.483. The number of hydrogen-bond donors (Lipinski definition) is 1. The largest absolute Gasteiger partial charge is 0.493 e. The third-order valence-corrected chi connectivity index (χ3v) is 4.07. The van der Waals surface area contributed by atoms with E-state index in [1.807, 2.05) is 20.8 Å². The van der Waals surface area contributed by atoms with E-state index in [-0.39, 0.29) is 0 Å². The van der Waals surface area contributed by atoms with E-state index in [9.17, 15) is 4.79 Å². The number of rotatable bonds is 8. The van der Waals surface area contributed by atoms with Crippen LogP contribution in [0.3, 0.4) is 0 Å². The summed E-state index contributed by atoms with van der Waals surface area (Å²) in [6.45, 7) is 10.4. The van der Waals surface area contributed by atoms with Crippen molar-refractivity contribution in [1.29, 1.82) is 0 Å². The molecule has 1 saturated heterocycles. The lowest BCUT2D eigenvalue weighted by molar-refractivity contribution is 0.0357. The molecule has 0 spiro atoms. The van der Waals surface area contributed by atoms with Gasteiger partial charge in [0.2, 0.25) is 5.75 Å². The molecule has 0 atom stereocenters. The average Bonchev–Trinajstić information content (AvgIpc) is 2.64. The Morgan fingerprint density at radius 3 is 2.29 bits per heavy atom. The molecule has 2 rings (SSSR count). The summed E-state index contributed by atoms with van der Waals surface area (Å²) in [6, 6.07) is 3.37. The van der Waals surface area contributed by atoms with Gasteiger partial charge in [-0.05, 0) is 27.2 Å². The fraction of sp³-hybridized carbons (Fsp3) is 0.650. The summed E-state index contributed by atoms with van der Waals surface area (Å²) in [5.41, 5.74) is -0.0782. The molecule has 1 aromatic rings. The van der Waals surface area contributed by atoms with Crippen molar-refractivity contribution in [3.8, 4) is 17.2 Å². The number of benzene rings is 1. The standard InChI is InChI=1S/C20H32N2O6/c1-20(2,3)28-19(23)21-15-13-16(24-4)18(17(14-15)25-5)27-10-6-7-22-8-11-26-12-9-22/h13-14H,6-12H2,1-5H3,(H,21,23). The Labute approximate surface area is 167 Å². The highest BCUT2D eigenvalue weighted by molar-refractivity contribution is 5.86. The van der Waals surface area contributed by atoms with Gasteiger partial charge in [-0.25, -0.2) is 4.79 Å². The van der Waals surface area contributed by atoms with Crippen molar-refractivity contribution in [3.05, 3.63) is 12.1 Å². The van der Waals surface area contributed by atoms with Gasteiger partial charge in [0.15, 0.2) is 11.5 Å². The Bertz CT molecular complexity index is 613. The zero-order valence-electron chi connectivity index (χ0n) is 17.5. The number of methoxy groups -OCH3 is 2. The van der Waals surface area contributed by atoms with Gasteiger partial charge in [0.1, 0.15) is 5.60 Å².